The zero-order valence-electron chi connectivity index (χ0n) is 18.8. The molecule has 0 radical (unpaired) electrons. The summed E-state index contributed by atoms with van der Waals surface area (Å²) in [5.74, 6) is 0.429. The SMILES string of the molecule is c1ccc(-c2cccc(-c3cccc(-c4nnc5c6cccnc6c6ncccc6c5n4)n3)n2)nc1. The molecule has 168 valence electrons. The van der Waals surface area contributed by atoms with Gasteiger partial charge in [0, 0.05) is 29.4 Å². The Hall–Kier alpha value is -5.24. The van der Waals surface area contributed by atoms with E-state index in [1.54, 1.807) is 18.6 Å². The first kappa shape index (κ1) is 20.2. The van der Waals surface area contributed by atoms with Gasteiger partial charge in [0.25, 0.3) is 0 Å². The summed E-state index contributed by atoms with van der Waals surface area (Å²) in [5.41, 5.74) is 6.60. The van der Waals surface area contributed by atoms with E-state index in [4.69, 9.17) is 15.0 Å². The fourth-order valence-corrected chi connectivity index (χ4v) is 4.31. The fraction of sp³-hybridized carbons (Fsp3) is 0. The van der Waals surface area contributed by atoms with E-state index in [0.717, 1.165) is 38.9 Å². The van der Waals surface area contributed by atoms with Gasteiger partial charge in [-0.2, -0.15) is 0 Å². The summed E-state index contributed by atoms with van der Waals surface area (Å²) in [5, 5.41) is 10.7. The van der Waals surface area contributed by atoms with E-state index in [1.807, 2.05) is 78.9 Å². The van der Waals surface area contributed by atoms with Crippen LogP contribution < -0.4 is 0 Å². The lowest BCUT2D eigenvalue weighted by Gasteiger charge is -2.08. The van der Waals surface area contributed by atoms with Crippen molar-refractivity contribution < 1.29 is 0 Å². The summed E-state index contributed by atoms with van der Waals surface area (Å²) in [7, 11) is 0. The van der Waals surface area contributed by atoms with Gasteiger partial charge in [-0.3, -0.25) is 15.0 Å². The molecule has 36 heavy (non-hydrogen) atoms. The largest absolute Gasteiger partial charge is 0.255 e. The van der Waals surface area contributed by atoms with Gasteiger partial charge >= 0.3 is 0 Å². The third kappa shape index (κ3) is 3.32. The standard InChI is InChI=1S/C28H16N8/c1-2-14-29-19(9-1)20-10-3-11-21(32-20)22-12-4-13-23(33-22)28-34-26-17-7-5-15-30-24(17)25-18(8-6-16-31-25)27(26)35-36-28/h1-16H. The van der Waals surface area contributed by atoms with Crippen LogP contribution in [0.3, 0.4) is 0 Å². The normalized spacial score (nSPS) is 11.3. The summed E-state index contributed by atoms with van der Waals surface area (Å²) in [6, 6.07) is 25.0. The number of rotatable bonds is 3. The molecule has 8 heteroatoms. The van der Waals surface area contributed by atoms with Crippen LogP contribution in [0.2, 0.25) is 0 Å². The molecule has 0 aliphatic carbocycles. The van der Waals surface area contributed by atoms with Gasteiger partial charge in [-0.15, -0.1) is 10.2 Å². The van der Waals surface area contributed by atoms with Gasteiger partial charge in [-0.05, 0) is 60.7 Å². The highest BCUT2D eigenvalue weighted by Crippen LogP contribution is 2.31. The zero-order valence-corrected chi connectivity index (χ0v) is 18.8. The van der Waals surface area contributed by atoms with E-state index >= 15 is 0 Å². The summed E-state index contributed by atoms with van der Waals surface area (Å²) in [6.07, 6.45) is 5.27. The third-order valence-corrected chi connectivity index (χ3v) is 5.95. The third-order valence-electron chi connectivity index (χ3n) is 5.95. The van der Waals surface area contributed by atoms with Crippen molar-refractivity contribution in [3.8, 4) is 34.3 Å². The maximum atomic E-state index is 4.89. The lowest BCUT2D eigenvalue weighted by molar-refractivity contribution is 1.02. The number of benzene rings is 1. The molecule has 6 heterocycles. The van der Waals surface area contributed by atoms with Crippen molar-refractivity contribution >= 4 is 32.8 Å². The average Bonchev–Trinajstić information content (AvgIpc) is 2.98. The maximum absolute atomic E-state index is 4.89. The van der Waals surface area contributed by atoms with Crippen LogP contribution in [0, 0.1) is 0 Å². The van der Waals surface area contributed by atoms with E-state index in [1.165, 1.54) is 0 Å². The second-order valence-corrected chi connectivity index (χ2v) is 8.16. The van der Waals surface area contributed by atoms with Gasteiger partial charge in [0.2, 0.25) is 5.82 Å². The molecule has 0 unspecified atom stereocenters. The van der Waals surface area contributed by atoms with Gasteiger partial charge in [-0.1, -0.05) is 18.2 Å². The highest BCUT2D eigenvalue weighted by atomic mass is 15.2. The molecule has 0 bridgehead atoms. The first-order chi connectivity index (χ1) is 17.8. The Kier molecular flexibility index (Phi) is 4.60. The quantitative estimate of drug-likeness (QED) is 0.324. The molecule has 8 nitrogen and oxygen atoms in total. The number of hydrogen-bond donors (Lipinski definition) is 0. The number of pyridine rings is 5. The predicted molar refractivity (Wildman–Crippen MR) is 138 cm³/mol. The number of nitrogens with zero attached hydrogens (tertiary/aromatic N) is 8. The fourth-order valence-electron chi connectivity index (χ4n) is 4.31. The second kappa shape index (κ2) is 8.21. The summed E-state index contributed by atoms with van der Waals surface area (Å²) < 4.78 is 0. The van der Waals surface area contributed by atoms with Crippen molar-refractivity contribution in [2.24, 2.45) is 0 Å². The Labute approximate surface area is 204 Å². The highest BCUT2D eigenvalue weighted by Gasteiger charge is 2.15. The first-order valence-electron chi connectivity index (χ1n) is 11.4. The molecule has 0 N–H and O–H groups in total. The summed E-state index contributed by atoms with van der Waals surface area (Å²) in [4.78, 5) is 28.0. The van der Waals surface area contributed by atoms with E-state index in [2.05, 4.69) is 25.1 Å². The van der Waals surface area contributed by atoms with E-state index in [0.29, 0.717) is 28.2 Å². The Morgan fingerprint density at radius 1 is 0.361 bits per heavy atom. The van der Waals surface area contributed by atoms with Crippen molar-refractivity contribution in [1.82, 2.24) is 40.1 Å². The lowest BCUT2D eigenvalue weighted by Crippen LogP contribution is -1.99. The van der Waals surface area contributed by atoms with Crippen molar-refractivity contribution in [3.05, 3.63) is 97.5 Å². The molecule has 0 saturated heterocycles. The second-order valence-electron chi connectivity index (χ2n) is 8.16. The van der Waals surface area contributed by atoms with Crippen LogP contribution in [0.1, 0.15) is 0 Å². The molecular weight excluding hydrogens is 448 g/mol. The Bertz CT molecular complexity index is 1870. The molecule has 0 spiro atoms. The molecule has 0 aliphatic heterocycles. The molecule has 0 fully saturated rings. The van der Waals surface area contributed by atoms with Crippen LogP contribution in [0.5, 0.6) is 0 Å². The van der Waals surface area contributed by atoms with Crippen LogP contribution in [-0.2, 0) is 0 Å². The molecular formula is C28H16N8. The van der Waals surface area contributed by atoms with Crippen molar-refractivity contribution in [2.45, 2.75) is 0 Å². The van der Waals surface area contributed by atoms with Gasteiger partial charge in [-0.25, -0.2) is 15.0 Å². The van der Waals surface area contributed by atoms with Crippen LogP contribution in [0.4, 0.5) is 0 Å². The molecule has 1 aromatic carbocycles. The van der Waals surface area contributed by atoms with E-state index in [9.17, 15) is 0 Å². The number of fused-ring (bicyclic) bond motifs is 6. The molecule has 7 rings (SSSR count). The monoisotopic (exact) mass is 464 g/mol. The maximum Gasteiger partial charge on any atom is 0.201 e. The molecule has 6 aromatic heterocycles. The molecule has 7 aromatic rings. The Balaban J connectivity index is 1.38. The van der Waals surface area contributed by atoms with Crippen LogP contribution >= 0.6 is 0 Å². The lowest BCUT2D eigenvalue weighted by atomic mass is 10.1. The van der Waals surface area contributed by atoms with Gasteiger partial charge in [0.15, 0.2) is 0 Å². The average molecular weight is 464 g/mol. The summed E-state index contributed by atoms with van der Waals surface area (Å²) in [6.45, 7) is 0. The van der Waals surface area contributed by atoms with E-state index < -0.39 is 0 Å². The van der Waals surface area contributed by atoms with Gasteiger partial charge in [0.1, 0.15) is 16.7 Å². The van der Waals surface area contributed by atoms with Crippen LogP contribution in [0.15, 0.2) is 97.5 Å². The number of hydrogen-bond acceptors (Lipinski definition) is 8. The van der Waals surface area contributed by atoms with Gasteiger partial charge in [0.05, 0.1) is 33.8 Å². The highest BCUT2D eigenvalue weighted by molar-refractivity contribution is 6.20. The predicted octanol–water partition coefficient (Wildman–Crippen LogP) is 5.31. The molecule has 0 saturated carbocycles. The Morgan fingerprint density at radius 3 is 1.64 bits per heavy atom. The van der Waals surface area contributed by atoms with Crippen LogP contribution in [-0.4, -0.2) is 40.1 Å². The van der Waals surface area contributed by atoms with Crippen molar-refractivity contribution in [2.75, 3.05) is 0 Å². The molecule has 0 aliphatic rings. The number of aromatic nitrogens is 8. The van der Waals surface area contributed by atoms with Gasteiger partial charge < -0.3 is 0 Å². The Morgan fingerprint density at radius 2 is 0.944 bits per heavy atom. The van der Waals surface area contributed by atoms with Crippen molar-refractivity contribution in [3.63, 3.8) is 0 Å². The molecule has 0 atom stereocenters. The minimum Gasteiger partial charge on any atom is -0.255 e. The first-order valence-corrected chi connectivity index (χ1v) is 11.4. The minimum absolute atomic E-state index is 0.429. The smallest absolute Gasteiger partial charge is 0.201 e. The van der Waals surface area contributed by atoms with Crippen LogP contribution in [0.25, 0.3) is 67.1 Å². The van der Waals surface area contributed by atoms with E-state index in [-0.39, 0.29) is 0 Å². The zero-order chi connectivity index (χ0) is 23.9. The van der Waals surface area contributed by atoms with Crippen molar-refractivity contribution in [1.29, 1.82) is 0 Å². The summed E-state index contributed by atoms with van der Waals surface area (Å²) >= 11 is 0. The topological polar surface area (TPSA) is 103 Å². The minimum atomic E-state index is 0.429. The molecule has 0 amide bonds.